The van der Waals surface area contributed by atoms with Crippen molar-refractivity contribution in [3.8, 4) is 0 Å². The van der Waals surface area contributed by atoms with E-state index < -0.39 is 5.97 Å². The Balaban J connectivity index is 1.83. The molecule has 0 N–H and O–H groups in total. The molecule has 6 heteroatoms. The standard InChI is InChI=1S/C15H15NO5/c1-20-15(19)11-6-7-21-12(11)8-16-13(17)9-4-2-3-5-10(9)14(16)18/h2-3,6-7,9-10H,4-5,8H2,1H3/t9-,10+. The Morgan fingerprint density at radius 3 is 2.48 bits per heavy atom. The number of hydrogen-bond donors (Lipinski definition) is 0. The maximum Gasteiger partial charge on any atom is 0.341 e. The fourth-order valence-electron chi connectivity index (χ4n) is 2.92. The first-order valence-electron chi connectivity index (χ1n) is 6.78. The number of fused-ring (bicyclic) bond motifs is 1. The topological polar surface area (TPSA) is 76.8 Å². The number of furan rings is 1. The third-order valence-corrected chi connectivity index (χ3v) is 4.05. The number of methoxy groups -OCH3 is 1. The van der Waals surface area contributed by atoms with Gasteiger partial charge in [-0.1, -0.05) is 12.2 Å². The molecule has 1 saturated heterocycles. The third-order valence-electron chi connectivity index (χ3n) is 4.05. The predicted molar refractivity (Wildman–Crippen MR) is 71.0 cm³/mol. The summed E-state index contributed by atoms with van der Waals surface area (Å²) in [6.45, 7) is -0.0257. The second-order valence-corrected chi connectivity index (χ2v) is 5.17. The van der Waals surface area contributed by atoms with E-state index >= 15 is 0 Å². The van der Waals surface area contributed by atoms with Gasteiger partial charge in [-0.05, 0) is 18.9 Å². The maximum atomic E-state index is 12.3. The normalized spacial score (nSPS) is 24.3. The van der Waals surface area contributed by atoms with Crippen molar-refractivity contribution in [1.82, 2.24) is 4.90 Å². The quantitative estimate of drug-likeness (QED) is 0.479. The summed E-state index contributed by atoms with van der Waals surface area (Å²) in [5, 5.41) is 0. The summed E-state index contributed by atoms with van der Waals surface area (Å²) in [5.41, 5.74) is 0.242. The van der Waals surface area contributed by atoms with Crippen LogP contribution in [0.2, 0.25) is 0 Å². The molecule has 0 spiro atoms. The molecule has 110 valence electrons. The van der Waals surface area contributed by atoms with Crippen molar-refractivity contribution >= 4 is 17.8 Å². The maximum absolute atomic E-state index is 12.3. The summed E-state index contributed by atoms with van der Waals surface area (Å²) < 4.78 is 9.89. The van der Waals surface area contributed by atoms with E-state index in [4.69, 9.17) is 4.42 Å². The van der Waals surface area contributed by atoms with Gasteiger partial charge < -0.3 is 9.15 Å². The van der Waals surface area contributed by atoms with Crippen LogP contribution in [0, 0.1) is 11.8 Å². The minimum absolute atomic E-state index is 0.0257. The Hall–Kier alpha value is -2.37. The van der Waals surface area contributed by atoms with Crippen LogP contribution in [0.25, 0.3) is 0 Å². The van der Waals surface area contributed by atoms with Gasteiger partial charge >= 0.3 is 5.97 Å². The van der Waals surface area contributed by atoms with Crippen LogP contribution in [-0.2, 0) is 20.9 Å². The first-order chi connectivity index (χ1) is 10.1. The van der Waals surface area contributed by atoms with E-state index in [0.717, 1.165) is 0 Å². The zero-order valence-corrected chi connectivity index (χ0v) is 11.6. The van der Waals surface area contributed by atoms with E-state index in [-0.39, 0.29) is 41.5 Å². The average molecular weight is 289 g/mol. The number of nitrogens with zero attached hydrogens (tertiary/aromatic N) is 1. The van der Waals surface area contributed by atoms with Gasteiger partial charge in [-0.2, -0.15) is 0 Å². The van der Waals surface area contributed by atoms with E-state index in [1.54, 1.807) is 0 Å². The molecule has 3 rings (SSSR count). The van der Waals surface area contributed by atoms with Gasteiger partial charge in [0.05, 0.1) is 31.8 Å². The number of rotatable bonds is 3. The first-order valence-corrected chi connectivity index (χ1v) is 6.78. The number of likely N-dealkylation sites (tertiary alicyclic amines) is 1. The van der Waals surface area contributed by atoms with Gasteiger partial charge in [0.25, 0.3) is 0 Å². The minimum atomic E-state index is -0.545. The predicted octanol–water partition coefficient (Wildman–Crippen LogP) is 1.52. The molecule has 1 fully saturated rings. The third kappa shape index (κ3) is 2.16. The van der Waals surface area contributed by atoms with Crippen LogP contribution in [0.4, 0.5) is 0 Å². The highest BCUT2D eigenvalue weighted by Gasteiger charge is 2.47. The molecule has 0 bridgehead atoms. The lowest BCUT2D eigenvalue weighted by Crippen LogP contribution is -2.31. The van der Waals surface area contributed by atoms with Gasteiger partial charge in [-0.3, -0.25) is 14.5 Å². The lowest BCUT2D eigenvalue weighted by atomic mass is 9.85. The van der Waals surface area contributed by atoms with Crippen molar-refractivity contribution in [2.24, 2.45) is 11.8 Å². The molecule has 21 heavy (non-hydrogen) atoms. The first kappa shape index (κ1) is 13.6. The van der Waals surface area contributed by atoms with Crippen LogP contribution in [-0.4, -0.2) is 29.8 Å². The van der Waals surface area contributed by atoms with Gasteiger partial charge in [-0.25, -0.2) is 4.79 Å². The summed E-state index contributed by atoms with van der Waals surface area (Å²) in [7, 11) is 1.27. The van der Waals surface area contributed by atoms with Crippen molar-refractivity contribution in [2.75, 3.05) is 7.11 Å². The average Bonchev–Trinajstić information content (AvgIpc) is 3.06. The number of ether oxygens (including phenoxy) is 1. The number of esters is 1. The Kier molecular flexibility index (Phi) is 3.37. The van der Waals surface area contributed by atoms with E-state index in [1.807, 2.05) is 12.2 Å². The van der Waals surface area contributed by atoms with Crippen molar-refractivity contribution in [3.05, 3.63) is 35.8 Å². The minimum Gasteiger partial charge on any atom is -0.467 e. The number of carbonyl (C=O) groups excluding carboxylic acids is 3. The SMILES string of the molecule is COC(=O)c1ccoc1CN1C(=O)[C@H]2CC=CC[C@H]2C1=O. The summed E-state index contributed by atoms with van der Waals surface area (Å²) in [6.07, 6.45) is 6.40. The Bertz CT molecular complexity index is 604. The number of amides is 2. The number of allylic oxidation sites excluding steroid dienone is 2. The molecule has 1 aliphatic carbocycles. The van der Waals surface area contributed by atoms with Gasteiger partial charge in [0.2, 0.25) is 11.8 Å². The molecule has 2 aliphatic rings. The monoisotopic (exact) mass is 289 g/mol. The largest absolute Gasteiger partial charge is 0.467 e. The van der Waals surface area contributed by atoms with Crippen molar-refractivity contribution < 1.29 is 23.5 Å². The van der Waals surface area contributed by atoms with Gasteiger partial charge in [0.15, 0.2) is 0 Å². The van der Waals surface area contributed by atoms with E-state index in [1.165, 1.54) is 24.3 Å². The molecular weight excluding hydrogens is 274 g/mol. The molecule has 2 heterocycles. The highest BCUT2D eigenvalue weighted by atomic mass is 16.5. The zero-order valence-electron chi connectivity index (χ0n) is 11.6. The summed E-state index contributed by atoms with van der Waals surface area (Å²) in [4.78, 5) is 37.5. The molecule has 0 radical (unpaired) electrons. The summed E-state index contributed by atoms with van der Waals surface area (Å²) >= 11 is 0. The fraction of sp³-hybridized carbons (Fsp3) is 0.400. The lowest BCUT2D eigenvalue weighted by molar-refractivity contribution is -0.140. The highest BCUT2D eigenvalue weighted by Crippen LogP contribution is 2.36. The van der Waals surface area contributed by atoms with Crippen LogP contribution in [0.1, 0.15) is 29.0 Å². The van der Waals surface area contributed by atoms with Crippen molar-refractivity contribution in [1.29, 1.82) is 0 Å². The smallest absolute Gasteiger partial charge is 0.341 e. The van der Waals surface area contributed by atoms with Crippen LogP contribution in [0.15, 0.2) is 28.9 Å². The van der Waals surface area contributed by atoms with Gasteiger partial charge in [-0.15, -0.1) is 0 Å². The molecule has 2 amide bonds. The van der Waals surface area contributed by atoms with Crippen LogP contribution in [0.5, 0.6) is 0 Å². The molecule has 1 aliphatic heterocycles. The van der Waals surface area contributed by atoms with Crippen LogP contribution >= 0.6 is 0 Å². The molecule has 2 atom stereocenters. The van der Waals surface area contributed by atoms with Gasteiger partial charge in [0.1, 0.15) is 11.3 Å². The Morgan fingerprint density at radius 1 is 1.29 bits per heavy atom. The van der Waals surface area contributed by atoms with E-state index in [0.29, 0.717) is 12.8 Å². The van der Waals surface area contributed by atoms with Crippen molar-refractivity contribution in [3.63, 3.8) is 0 Å². The second-order valence-electron chi connectivity index (χ2n) is 5.17. The Morgan fingerprint density at radius 2 is 1.90 bits per heavy atom. The lowest BCUT2D eigenvalue weighted by Gasteiger charge is -2.14. The molecule has 0 aromatic carbocycles. The molecule has 1 aromatic heterocycles. The van der Waals surface area contributed by atoms with Crippen LogP contribution in [0.3, 0.4) is 0 Å². The van der Waals surface area contributed by atoms with Crippen LogP contribution < -0.4 is 0 Å². The summed E-state index contributed by atoms with van der Waals surface area (Å²) in [5.74, 6) is -1.21. The highest BCUT2D eigenvalue weighted by molar-refractivity contribution is 6.05. The van der Waals surface area contributed by atoms with E-state index in [2.05, 4.69) is 4.74 Å². The molecule has 6 nitrogen and oxygen atoms in total. The zero-order chi connectivity index (χ0) is 15.0. The number of hydrogen-bond acceptors (Lipinski definition) is 5. The second kappa shape index (κ2) is 5.20. The summed E-state index contributed by atoms with van der Waals surface area (Å²) in [6, 6.07) is 1.47. The molecule has 0 saturated carbocycles. The number of carbonyl (C=O) groups is 3. The van der Waals surface area contributed by atoms with Gasteiger partial charge in [0, 0.05) is 0 Å². The van der Waals surface area contributed by atoms with Crippen molar-refractivity contribution in [2.45, 2.75) is 19.4 Å². The number of imide groups is 1. The molecular formula is C15H15NO5. The molecule has 0 unspecified atom stereocenters. The Labute approximate surface area is 121 Å². The molecule has 1 aromatic rings. The van der Waals surface area contributed by atoms with E-state index in [9.17, 15) is 14.4 Å². The fourth-order valence-corrected chi connectivity index (χ4v) is 2.92.